The van der Waals surface area contributed by atoms with Gasteiger partial charge in [0.15, 0.2) is 0 Å². The van der Waals surface area contributed by atoms with Crippen LogP contribution in [0, 0.1) is 0 Å². The third-order valence-corrected chi connectivity index (χ3v) is 3.08. The zero-order chi connectivity index (χ0) is 14.9. The summed E-state index contributed by atoms with van der Waals surface area (Å²) >= 11 is 0. The van der Waals surface area contributed by atoms with Gasteiger partial charge in [-0.1, -0.05) is 30.3 Å². The van der Waals surface area contributed by atoms with Crippen molar-refractivity contribution in [3.05, 3.63) is 59.7 Å². The second-order valence-electron chi connectivity index (χ2n) is 4.74. The Kier molecular flexibility index (Phi) is 6.06. The SMILES string of the molecule is COCCNCc1ccccc1OCc1cccc(O)c1. The minimum absolute atomic E-state index is 0.255. The number of hydrogen-bond acceptors (Lipinski definition) is 4. The molecule has 0 aliphatic heterocycles. The number of phenols is 1. The van der Waals surface area contributed by atoms with Crippen LogP contribution >= 0.6 is 0 Å². The van der Waals surface area contributed by atoms with E-state index in [9.17, 15) is 5.11 Å². The van der Waals surface area contributed by atoms with Crippen LogP contribution in [0.1, 0.15) is 11.1 Å². The molecule has 0 spiro atoms. The molecule has 0 aliphatic rings. The second-order valence-corrected chi connectivity index (χ2v) is 4.74. The molecule has 4 heteroatoms. The predicted octanol–water partition coefficient (Wildman–Crippen LogP) is 2.71. The van der Waals surface area contributed by atoms with E-state index in [1.54, 1.807) is 19.2 Å². The standard InChI is InChI=1S/C17H21NO3/c1-20-10-9-18-12-15-6-2-3-8-17(15)21-13-14-5-4-7-16(19)11-14/h2-8,11,18-19H,9-10,12-13H2,1H3. The van der Waals surface area contributed by atoms with Crippen molar-refractivity contribution in [1.29, 1.82) is 0 Å². The summed E-state index contributed by atoms with van der Waals surface area (Å²) in [5.74, 6) is 1.11. The topological polar surface area (TPSA) is 50.7 Å². The third-order valence-electron chi connectivity index (χ3n) is 3.08. The molecule has 0 aliphatic carbocycles. The fourth-order valence-corrected chi connectivity index (χ4v) is 2.00. The molecule has 0 saturated heterocycles. The van der Waals surface area contributed by atoms with Gasteiger partial charge in [0.1, 0.15) is 18.1 Å². The summed E-state index contributed by atoms with van der Waals surface area (Å²) in [4.78, 5) is 0. The van der Waals surface area contributed by atoms with Crippen LogP contribution in [-0.2, 0) is 17.9 Å². The van der Waals surface area contributed by atoms with Crippen LogP contribution in [0.25, 0.3) is 0 Å². The number of benzene rings is 2. The lowest BCUT2D eigenvalue weighted by Crippen LogP contribution is -2.19. The lowest BCUT2D eigenvalue weighted by atomic mass is 10.2. The molecule has 21 heavy (non-hydrogen) atoms. The minimum atomic E-state index is 0.255. The van der Waals surface area contributed by atoms with Gasteiger partial charge in [0.05, 0.1) is 6.61 Å². The van der Waals surface area contributed by atoms with E-state index in [2.05, 4.69) is 5.32 Å². The highest BCUT2D eigenvalue weighted by molar-refractivity contribution is 5.34. The molecule has 0 bridgehead atoms. The van der Waals surface area contributed by atoms with Crippen molar-refractivity contribution in [2.45, 2.75) is 13.2 Å². The van der Waals surface area contributed by atoms with Crippen molar-refractivity contribution in [2.75, 3.05) is 20.3 Å². The zero-order valence-electron chi connectivity index (χ0n) is 12.2. The number of rotatable bonds is 8. The molecule has 0 saturated carbocycles. The van der Waals surface area contributed by atoms with Crippen molar-refractivity contribution >= 4 is 0 Å². The molecule has 2 rings (SSSR count). The summed E-state index contributed by atoms with van der Waals surface area (Å²) in [6.07, 6.45) is 0. The highest BCUT2D eigenvalue weighted by atomic mass is 16.5. The van der Waals surface area contributed by atoms with E-state index >= 15 is 0 Å². The van der Waals surface area contributed by atoms with Crippen molar-refractivity contribution < 1.29 is 14.6 Å². The molecule has 0 radical (unpaired) electrons. The lowest BCUT2D eigenvalue weighted by molar-refractivity contribution is 0.199. The van der Waals surface area contributed by atoms with Gasteiger partial charge in [-0.3, -0.25) is 0 Å². The maximum atomic E-state index is 9.45. The Bertz CT molecular complexity index is 557. The fourth-order valence-electron chi connectivity index (χ4n) is 2.00. The van der Waals surface area contributed by atoms with Crippen LogP contribution in [0.15, 0.2) is 48.5 Å². The molecule has 2 aromatic rings. The molecule has 0 amide bonds. The molecule has 2 aromatic carbocycles. The largest absolute Gasteiger partial charge is 0.508 e. The first-order valence-corrected chi connectivity index (χ1v) is 6.98. The Hall–Kier alpha value is -2.04. The van der Waals surface area contributed by atoms with Crippen LogP contribution < -0.4 is 10.1 Å². The summed E-state index contributed by atoms with van der Waals surface area (Å²) in [5.41, 5.74) is 2.05. The number of methoxy groups -OCH3 is 1. The van der Waals surface area contributed by atoms with E-state index < -0.39 is 0 Å². The zero-order valence-corrected chi connectivity index (χ0v) is 12.2. The molecule has 0 unspecified atom stereocenters. The Morgan fingerprint density at radius 1 is 1.10 bits per heavy atom. The minimum Gasteiger partial charge on any atom is -0.508 e. The van der Waals surface area contributed by atoms with E-state index in [4.69, 9.17) is 9.47 Å². The van der Waals surface area contributed by atoms with Crippen LogP contribution in [0.2, 0.25) is 0 Å². The molecule has 112 valence electrons. The third kappa shape index (κ3) is 5.10. The lowest BCUT2D eigenvalue weighted by Gasteiger charge is -2.12. The number of hydrogen-bond donors (Lipinski definition) is 2. The van der Waals surface area contributed by atoms with Gasteiger partial charge in [0, 0.05) is 25.8 Å². The van der Waals surface area contributed by atoms with E-state index in [1.807, 2.05) is 36.4 Å². The van der Waals surface area contributed by atoms with E-state index in [0.717, 1.165) is 30.0 Å². The number of aromatic hydroxyl groups is 1. The van der Waals surface area contributed by atoms with Crippen molar-refractivity contribution in [2.24, 2.45) is 0 Å². The van der Waals surface area contributed by atoms with Crippen LogP contribution in [0.3, 0.4) is 0 Å². The van der Waals surface area contributed by atoms with Crippen LogP contribution in [-0.4, -0.2) is 25.4 Å². The van der Waals surface area contributed by atoms with Gasteiger partial charge in [-0.25, -0.2) is 0 Å². The second kappa shape index (κ2) is 8.29. The van der Waals surface area contributed by atoms with Gasteiger partial charge < -0.3 is 19.9 Å². The highest BCUT2D eigenvalue weighted by Gasteiger charge is 2.03. The molecular weight excluding hydrogens is 266 g/mol. The average Bonchev–Trinajstić information content (AvgIpc) is 2.50. The molecule has 4 nitrogen and oxygen atoms in total. The number of ether oxygens (including phenoxy) is 2. The number of phenolic OH excluding ortho intramolecular Hbond substituents is 1. The molecule has 0 atom stereocenters. The summed E-state index contributed by atoms with van der Waals surface area (Å²) in [6.45, 7) is 2.66. The van der Waals surface area contributed by atoms with Gasteiger partial charge in [0.25, 0.3) is 0 Å². The monoisotopic (exact) mass is 287 g/mol. The molecule has 2 N–H and O–H groups in total. The Morgan fingerprint density at radius 2 is 1.95 bits per heavy atom. The maximum Gasteiger partial charge on any atom is 0.124 e. The first kappa shape index (κ1) is 15.4. The Labute approximate surface area is 125 Å². The molecule has 0 fully saturated rings. The van der Waals surface area contributed by atoms with Crippen LogP contribution in [0.5, 0.6) is 11.5 Å². The van der Waals surface area contributed by atoms with Gasteiger partial charge >= 0.3 is 0 Å². The first-order valence-electron chi connectivity index (χ1n) is 6.98. The smallest absolute Gasteiger partial charge is 0.124 e. The van der Waals surface area contributed by atoms with Gasteiger partial charge in [0.2, 0.25) is 0 Å². The normalized spacial score (nSPS) is 10.5. The first-order chi connectivity index (χ1) is 10.3. The number of para-hydroxylation sites is 1. The summed E-state index contributed by atoms with van der Waals surface area (Å²) in [7, 11) is 1.69. The Balaban J connectivity index is 1.93. The van der Waals surface area contributed by atoms with E-state index in [-0.39, 0.29) is 5.75 Å². The van der Waals surface area contributed by atoms with E-state index in [0.29, 0.717) is 13.2 Å². The van der Waals surface area contributed by atoms with Crippen molar-refractivity contribution in [3.8, 4) is 11.5 Å². The summed E-state index contributed by atoms with van der Waals surface area (Å²) < 4.78 is 10.9. The van der Waals surface area contributed by atoms with Gasteiger partial charge in [-0.2, -0.15) is 0 Å². The Morgan fingerprint density at radius 3 is 2.76 bits per heavy atom. The highest BCUT2D eigenvalue weighted by Crippen LogP contribution is 2.20. The summed E-state index contributed by atoms with van der Waals surface area (Å²) in [5, 5.41) is 12.8. The quantitative estimate of drug-likeness (QED) is 0.733. The van der Waals surface area contributed by atoms with Crippen molar-refractivity contribution in [3.63, 3.8) is 0 Å². The molecule has 0 aromatic heterocycles. The fraction of sp³-hybridized carbons (Fsp3) is 0.294. The predicted molar refractivity (Wildman–Crippen MR) is 82.5 cm³/mol. The van der Waals surface area contributed by atoms with Gasteiger partial charge in [-0.15, -0.1) is 0 Å². The summed E-state index contributed by atoms with van der Waals surface area (Å²) in [6, 6.07) is 15.0. The average molecular weight is 287 g/mol. The number of nitrogens with one attached hydrogen (secondary N) is 1. The molecule has 0 heterocycles. The van der Waals surface area contributed by atoms with Crippen molar-refractivity contribution in [1.82, 2.24) is 5.32 Å². The van der Waals surface area contributed by atoms with E-state index in [1.165, 1.54) is 0 Å². The maximum absolute atomic E-state index is 9.45. The van der Waals surface area contributed by atoms with Crippen LogP contribution in [0.4, 0.5) is 0 Å². The molecular formula is C17H21NO3. The van der Waals surface area contributed by atoms with Gasteiger partial charge in [-0.05, 0) is 23.8 Å².